The Bertz CT molecular complexity index is 497. The van der Waals surface area contributed by atoms with Crippen LogP contribution in [-0.2, 0) is 0 Å². The fourth-order valence-corrected chi connectivity index (χ4v) is 3.66. The van der Waals surface area contributed by atoms with Gasteiger partial charge < -0.3 is 5.32 Å². The van der Waals surface area contributed by atoms with Crippen LogP contribution in [0.4, 0.5) is 0 Å². The number of nitrogens with zero attached hydrogens (tertiary/aromatic N) is 3. The van der Waals surface area contributed by atoms with Crippen molar-refractivity contribution in [3.63, 3.8) is 0 Å². The fraction of sp³-hybridized carbons (Fsp3) is 0.364. The minimum Gasteiger partial charge on any atom is -0.312 e. The maximum absolute atomic E-state index is 4.44. The molecule has 2 aromatic rings. The molecule has 1 N–H and O–H groups in total. The average molecular weight is 298 g/mol. The van der Waals surface area contributed by atoms with Crippen molar-refractivity contribution in [1.29, 1.82) is 0 Å². The molecule has 2 aromatic heterocycles. The highest BCUT2D eigenvalue weighted by Crippen LogP contribution is 2.32. The summed E-state index contributed by atoms with van der Waals surface area (Å²) in [6, 6.07) is 4.38. The van der Waals surface area contributed by atoms with Crippen molar-refractivity contribution in [3.8, 4) is 0 Å². The van der Waals surface area contributed by atoms with Crippen molar-refractivity contribution < 1.29 is 0 Å². The SMILES string of the molecule is CNC(C)c1ccc(Sc2nnc(SC)s2)cn1. The Morgan fingerprint density at radius 3 is 2.61 bits per heavy atom. The Morgan fingerprint density at radius 2 is 2.06 bits per heavy atom. The van der Waals surface area contributed by atoms with Crippen LogP contribution >= 0.6 is 34.9 Å². The number of hydrogen-bond donors (Lipinski definition) is 1. The molecule has 0 aromatic carbocycles. The molecule has 1 atom stereocenters. The van der Waals surface area contributed by atoms with Crippen LogP contribution in [0.15, 0.2) is 31.9 Å². The van der Waals surface area contributed by atoms with Gasteiger partial charge in [-0.05, 0) is 32.4 Å². The predicted molar refractivity (Wildman–Crippen MR) is 77.5 cm³/mol. The highest BCUT2D eigenvalue weighted by Gasteiger charge is 2.07. The first-order valence-corrected chi connectivity index (χ1v) is 8.27. The first-order chi connectivity index (χ1) is 8.72. The third-order valence-corrected chi connectivity index (χ3v) is 5.33. The lowest BCUT2D eigenvalue weighted by molar-refractivity contribution is 0.631. The summed E-state index contributed by atoms with van der Waals surface area (Å²) in [6.45, 7) is 2.09. The van der Waals surface area contributed by atoms with E-state index >= 15 is 0 Å². The van der Waals surface area contributed by atoms with E-state index in [0.717, 1.165) is 19.3 Å². The van der Waals surface area contributed by atoms with Crippen molar-refractivity contribution in [2.75, 3.05) is 13.3 Å². The molecule has 7 heteroatoms. The normalized spacial score (nSPS) is 12.6. The minimum absolute atomic E-state index is 0.272. The van der Waals surface area contributed by atoms with Crippen LogP contribution in [0.1, 0.15) is 18.7 Å². The zero-order chi connectivity index (χ0) is 13.0. The maximum atomic E-state index is 4.44. The molecular formula is C11H14N4S3. The van der Waals surface area contributed by atoms with Crippen molar-refractivity contribution in [3.05, 3.63) is 24.0 Å². The Kier molecular flexibility index (Phi) is 4.99. The lowest BCUT2D eigenvalue weighted by atomic mass is 10.2. The molecule has 0 aliphatic carbocycles. The van der Waals surface area contributed by atoms with Gasteiger partial charge in [0, 0.05) is 17.1 Å². The second-order valence-electron chi connectivity index (χ2n) is 3.57. The van der Waals surface area contributed by atoms with Crippen molar-refractivity contribution in [2.24, 2.45) is 0 Å². The molecule has 0 bridgehead atoms. The van der Waals surface area contributed by atoms with Gasteiger partial charge in [-0.3, -0.25) is 4.98 Å². The summed E-state index contributed by atoms with van der Waals surface area (Å²) in [5, 5.41) is 11.4. The maximum Gasteiger partial charge on any atom is 0.179 e. The van der Waals surface area contributed by atoms with Crippen LogP contribution in [0.25, 0.3) is 0 Å². The molecule has 1 unspecified atom stereocenters. The third kappa shape index (κ3) is 3.44. The van der Waals surface area contributed by atoms with Gasteiger partial charge in [-0.2, -0.15) is 0 Å². The first-order valence-electron chi connectivity index (χ1n) is 5.41. The summed E-state index contributed by atoms with van der Waals surface area (Å²) in [5.41, 5.74) is 1.05. The van der Waals surface area contributed by atoms with Crippen LogP contribution in [-0.4, -0.2) is 28.5 Å². The van der Waals surface area contributed by atoms with E-state index < -0.39 is 0 Å². The van der Waals surface area contributed by atoms with E-state index in [1.54, 1.807) is 34.9 Å². The summed E-state index contributed by atoms with van der Waals surface area (Å²) < 4.78 is 1.95. The molecule has 4 nitrogen and oxygen atoms in total. The highest BCUT2D eigenvalue weighted by molar-refractivity contribution is 8.03. The summed E-state index contributed by atoms with van der Waals surface area (Å²) in [4.78, 5) is 5.53. The molecule has 0 fully saturated rings. The zero-order valence-corrected chi connectivity index (χ0v) is 12.8. The van der Waals surface area contributed by atoms with Crippen molar-refractivity contribution >= 4 is 34.9 Å². The lowest BCUT2D eigenvalue weighted by Crippen LogP contribution is -2.13. The molecule has 0 saturated carbocycles. The molecule has 96 valence electrons. The van der Waals surface area contributed by atoms with E-state index in [2.05, 4.69) is 33.5 Å². The van der Waals surface area contributed by atoms with Gasteiger partial charge in [0.05, 0.1) is 5.69 Å². The summed E-state index contributed by atoms with van der Waals surface area (Å²) in [5.74, 6) is 0. The van der Waals surface area contributed by atoms with E-state index in [4.69, 9.17) is 0 Å². The number of aromatic nitrogens is 3. The molecule has 0 aliphatic rings. The third-order valence-electron chi connectivity index (χ3n) is 2.40. The zero-order valence-electron chi connectivity index (χ0n) is 10.4. The van der Waals surface area contributed by atoms with Gasteiger partial charge in [-0.25, -0.2) is 0 Å². The van der Waals surface area contributed by atoms with Gasteiger partial charge in [-0.1, -0.05) is 34.9 Å². The monoisotopic (exact) mass is 298 g/mol. The van der Waals surface area contributed by atoms with Crippen LogP contribution in [0.2, 0.25) is 0 Å². The number of thioether (sulfide) groups is 1. The van der Waals surface area contributed by atoms with Gasteiger partial charge in [0.1, 0.15) is 0 Å². The van der Waals surface area contributed by atoms with Crippen molar-refractivity contribution in [1.82, 2.24) is 20.5 Å². The number of nitrogens with one attached hydrogen (secondary N) is 1. The van der Waals surface area contributed by atoms with E-state index in [1.807, 2.05) is 25.6 Å². The van der Waals surface area contributed by atoms with Crippen LogP contribution in [0.5, 0.6) is 0 Å². The molecule has 0 aliphatic heterocycles. The Balaban J connectivity index is 2.06. The van der Waals surface area contributed by atoms with Gasteiger partial charge in [0.2, 0.25) is 0 Å². The van der Waals surface area contributed by atoms with Crippen LogP contribution < -0.4 is 5.32 Å². The Morgan fingerprint density at radius 1 is 1.28 bits per heavy atom. The van der Waals surface area contributed by atoms with Crippen molar-refractivity contribution in [2.45, 2.75) is 26.5 Å². The smallest absolute Gasteiger partial charge is 0.179 e. The Hall–Kier alpha value is -0.630. The molecule has 2 heterocycles. The molecule has 0 amide bonds. The van der Waals surface area contributed by atoms with Gasteiger partial charge >= 0.3 is 0 Å². The number of pyridine rings is 1. The van der Waals surface area contributed by atoms with Gasteiger partial charge in [0.25, 0.3) is 0 Å². The summed E-state index contributed by atoms with van der Waals surface area (Å²) in [7, 11) is 1.93. The Labute approximate surface area is 119 Å². The lowest BCUT2D eigenvalue weighted by Gasteiger charge is -2.09. The summed E-state index contributed by atoms with van der Waals surface area (Å²) in [6.07, 6.45) is 3.89. The highest BCUT2D eigenvalue weighted by atomic mass is 32.2. The largest absolute Gasteiger partial charge is 0.312 e. The minimum atomic E-state index is 0.272. The molecule has 0 spiro atoms. The second-order valence-corrected chi connectivity index (χ2v) is 6.92. The first kappa shape index (κ1) is 13.8. The van der Waals surface area contributed by atoms with E-state index in [0.29, 0.717) is 0 Å². The summed E-state index contributed by atoms with van der Waals surface area (Å²) >= 11 is 4.82. The van der Waals surface area contributed by atoms with E-state index in [-0.39, 0.29) is 6.04 Å². The molecule has 2 rings (SSSR count). The predicted octanol–water partition coefficient (Wildman–Crippen LogP) is 3.09. The van der Waals surface area contributed by atoms with E-state index in [1.165, 1.54) is 0 Å². The standard InChI is InChI=1S/C11H14N4S3/c1-7(12-2)9-5-4-8(6-13-9)17-11-15-14-10(16-3)18-11/h4-7,12H,1-3H3. The molecular weight excluding hydrogens is 284 g/mol. The molecule has 0 radical (unpaired) electrons. The fourth-order valence-electron chi connectivity index (χ4n) is 1.28. The van der Waals surface area contributed by atoms with Crippen LogP contribution in [0, 0.1) is 0 Å². The second kappa shape index (κ2) is 6.51. The topological polar surface area (TPSA) is 50.7 Å². The molecule has 0 saturated heterocycles. The number of rotatable bonds is 5. The average Bonchev–Trinajstić information content (AvgIpc) is 2.86. The molecule has 18 heavy (non-hydrogen) atoms. The van der Waals surface area contributed by atoms with Crippen LogP contribution in [0.3, 0.4) is 0 Å². The van der Waals surface area contributed by atoms with Gasteiger partial charge in [0.15, 0.2) is 8.68 Å². The number of hydrogen-bond acceptors (Lipinski definition) is 7. The van der Waals surface area contributed by atoms with Gasteiger partial charge in [-0.15, -0.1) is 10.2 Å². The quantitative estimate of drug-likeness (QED) is 0.856. The van der Waals surface area contributed by atoms with E-state index in [9.17, 15) is 0 Å².